The predicted octanol–water partition coefficient (Wildman–Crippen LogP) is 2.48. The van der Waals surface area contributed by atoms with Crippen molar-refractivity contribution in [3.05, 3.63) is 29.8 Å². The Labute approximate surface area is 96.0 Å². The lowest BCUT2D eigenvalue weighted by atomic mass is 9.93. The van der Waals surface area contributed by atoms with Gasteiger partial charge in [-0.05, 0) is 31.5 Å². The third-order valence-corrected chi connectivity index (χ3v) is 3.14. The molecule has 1 aromatic carbocycles. The number of hydrogen-bond donors (Lipinski definition) is 1. The standard InChI is InChI=1S/C13H16N2O/c1-10-4-3-5-12(8-10)15-13(9-14)6-7-16-11(13)2/h3-5,8,11,15H,6-7H2,1-2H3. The fraction of sp³-hybridized carbons (Fsp3) is 0.462. The number of nitrogens with one attached hydrogen (secondary N) is 1. The average Bonchev–Trinajstić information content (AvgIpc) is 2.61. The van der Waals surface area contributed by atoms with E-state index in [1.54, 1.807) is 0 Å². The van der Waals surface area contributed by atoms with Gasteiger partial charge in [-0.3, -0.25) is 0 Å². The monoisotopic (exact) mass is 216 g/mol. The van der Waals surface area contributed by atoms with Crippen molar-refractivity contribution in [2.75, 3.05) is 11.9 Å². The Morgan fingerprint density at radius 2 is 2.38 bits per heavy atom. The highest BCUT2D eigenvalue weighted by molar-refractivity contribution is 5.50. The van der Waals surface area contributed by atoms with Crippen LogP contribution in [-0.2, 0) is 4.74 Å². The van der Waals surface area contributed by atoms with Crippen molar-refractivity contribution in [3.8, 4) is 6.07 Å². The first kappa shape index (κ1) is 11.0. The summed E-state index contributed by atoms with van der Waals surface area (Å²) in [7, 11) is 0. The van der Waals surface area contributed by atoms with Crippen molar-refractivity contribution >= 4 is 5.69 Å². The predicted molar refractivity (Wildman–Crippen MR) is 63.2 cm³/mol. The van der Waals surface area contributed by atoms with Crippen LogP contribution in [0.5, 0.6) is 0 Å². The molecule has 2 rings (SSSR count). The summed E-state index contributed by atoms with van der Waals surface area (Å²) in [5, 5.41) is 12.6. The largest absolute Gasteiger partial charge is 0.375 e. The van der Waals surface area contributed by atoms with Gasteiger partial charge >= 0.3 is 0 Å². The molecule has 3 nitrogen and oxygen atoms in total. The molecule has 2 unspecified atom stereocenters. The van der Waals surface area contributed by atoms with Crippen LogP contribution in [-0.4, -0.2) is 18.2 Å². The lowest BCUT2D eigenvalue weighted by Gasteiger charge is -2.27. The summed E-state index contributed by atoms with van der Waals surface area (Å²) in [5.74, 6) is 0. The van der Waals surface area contributed by atoms with Crippen molar-refractivity contribution in [2.24, 2.45) is 0 Å². The third kappa shape index (κ3) is 1.89. The van der Waals surface area contributed by atoms with E-state index in [4.69, 9.17) is 4.74 Å². The van der Waals surface area contributed by atoms with Crippen LogP contribution in [0.1, 0.15) is 18.9 Å². The maximum Gasteiger partial charge on any atom is 0.153 e. The average molecular weight is 216 g/mol. The normalized spacial score (nSPS) is 28.7. The van der Waals surface area contributed by atoms with E-state index in [-0.39, 0.29) is 6.10 Å². The van der Waals surface area contributed by atoms with Crippen LogP contribution in [0.3, 0.4) is 0 Å². The van der Waals surface area contributed by atoms with Crippen molar-refractivity contribution in [3.63, 3.8) is 0 Å². The quantitative estimate of drug-likeness (QED) is 0.826. The number of ether oxygens (including phenoxy) is 1. The van der Waals surface area contributed by atoms with Gasteiger partial charge in [0.15, 0.2) is 5.54 Å². The van der Waals surface area contributed by atoms with E-state index >= 15 is 0 Å². The fourth-order valence-electron chi connectivity index (χ4n) is 2.06. The summed E-state index contributed by atoms with van der Waals surface area (Å²) in [5.41, 5.74) is 1.59. The first-order valence-electron chi connectivity index (χ1n) is 5.54. The zero-order valence-electron chi connectivity index (χ0n) is 9.66. The summed E-state index contributed by atoms with van der Waals surface area (Å²) < 4.78 is 5.48. The van der Waals surface area contributed by atoms with Crippen molar-refractivity contribution in [1.82, 2.24) is 0 Å². The van der Waals surface area contributed by atoms with E-state index in [1.807, 2.05) is 38.1 Å². The van der Waals surface area contributed by atoms with Gasteiger partial charge in [0.2, 0.25) is 0 Å². The van der Waals surface area contributed by atoms with E-state index < -0.39 is 5.54 Å². The van der Waals surface area contributed by atoms with Gasteiger partial charge in [-0.15, -0.1) is 0 Å². The van der Waals surface area contributed by atoms with E-state index in [2.05, 4.69) is 11.4 Å². The third-order valence-electron chi connectivity index (χ3n) is 3.14. The molecule has 1 heterocycles. The second kappa shape index (κ2) is 4.15. The lowest BCUT2D eigenvalue weighted by Crippen LogP contribution is -2.43. The maximum atomic E-state index is 9.33. The Morgan fingerprint density at radius 1 is 1.56 bits per heavy atom. The summed E-state index contributed by atoms with van der Waals surface area (Å²) >= 11 is 0. The van der Waals surface area contributed by atoms with Crippen molar-refractivity contribution in [1.29, 1.82) is 5.26 Å². The van der Waals surface area contributed by atoms with E-state index in [0.29, 0.717) is 6.61 Å². The van der Waals surface area contributed by atoms with Crippen molar-refractivity contribution in [2.45, 2.75) is 31.9 Å². The van der Waals surface area contributed by atoms with E-state index in [1.165, 1.54) is 5.56 Å². The summed E-state index contributed by atoms with van der Waals surface area (Å²) in [6.07, 6.45) is 0.663. The van der Waals surface area contributed by atoms with Gasteiger partial charge in [0, 0.05) is 12.1 Å². The highest BCUT2D eigenvalue weighted by atomic mass is 16.5. The molecule has 1 aliphatic rings. The molecule has 0 amide bonds. The van der Waals surface area contributed by atoms with Crippen LogP contribution < -0.4 is 5.32 Å². The second-order valence-corrected chi connectivity index (χ2v) is 4.34. The Morgan fingerprint density at radius 3 is 2.94 bits per heavy atom. The molecule has 0 radical (unpaired) electrons. The first-order valence-corrected chi connectivity index (χ1v) is 5.54. The van der Waals surface area contributed by atoms with Crippen LogP contribution in [0.2, 0.25) is 0 Å². The Balaban J connectivity index is 2.23. The number of rotatable bonds is 2. The minimum absolute atomic E-state index is 0.0713. The van der Waals surface area contributed by atoms with Gasteiger partial charge in [-0.2, -0.15) is 5.26 Å². The molecule has 0 aromatic heterocycles. The van der Waals surface area contributed by atoms with Crippen LogP contribution in [0, 0.1) is 18.3 Å². The molecule has 2 atom stereocenters. The molecule has 0 spiro atoms. The van der Waals surface area contributed by atoms with E-state index in [0.717, 1.165) is 12.1 Å². The number of benzene rings is 1. The highest BCUT2D eigenvalue weighted by Crippen LogP contribution is 2.29. The molecule has 1 N–H and O–H groups in total. The van der Waals surface area contributed by atoms with Gasteiger partial charge in [-0.25, -0.2) is 0 Å². The van der Waals surface area contributed by atoms with Crippen molar-refractivity contribution < 1.29 is 4.74 Å². The van der Waals surface area contributed by atoms with E-state index in [9.17, 15) is 5.26 Å². The molecule has 0 bridgehead atoms. The zero-order valence-corrected chi connectivity index (χ0v) is 9.66. The first-order chi connectivity index (χ1) is 7.66. The number of anilines is 1. The molecule has 16 heavy (non-hydrogen) atoms. The lowest BCUT2D eigenvalue weighted by molar-refractivity contribution is 0.112. The Kier molecular flexibility index (Phi) is 2.84. The number of hydrogen-bond acceptors (Lipinski definition) is 3. The highest BCUT2D eigenvalue weighted by Gasteiger charge is 2.41. The molecule has 0 saturated carbocycles. The van der Waals surface area contributed by atoms with Gasteiger partial charge in [0.25, 0.3) is 0 Å². The second-order valence-electron chi connectivity index (χ2n) is 4.34. The topological polar surface area (TPSA) is 45.0 Å². The van der Waals surface area contributed by atoms with Gasteiger partial charge in [0.1, 0.15) is 0 Å². The minimum atomic E-state index is -0.576. The Hall–Kier alpha value is -1.53. The summed E-state index contributed by atoms with van der Waals surface area (Å²) in [6.45, 7) is 4.63. The maximum absolute atomic E-state index is 9.33. The molecular weight excluding hydrogens is 200 g/mol. The zero-order chi connectivity index (χ0) is 11.6. The minimum Gasteiger partial charge on any atom is -0.375 e. The summed E-state index contributed by atoms with van der Waals surface area (Å²) in [6, 6.07) is 10.4. The van der Waals surface area contributed by atoms with Crippen LogP contribution >= 0.6 is 0 Å². The molecule has 3 heteroatoms. The van der Waals surface area contributed by atoms with Gasteiger partial charge in [-0.1, -0.05) is 12.1 Å². The molecule has 0 aliphatic carbocycles. The smallest absolute Gasteiger partial charge is 0.153 e. The molecule has 1 aromatic rings. The number of nitrogens with zero attached hydrogens (tertiary/aromatic N) is 1. The summed E-state index contributed by atoms with van der Waals surface area (Å²) in [4.78, 5) is 0. The fourth-order valence-corrected chi connectivity index (χ4v) is 2.06. The van der Waals surface area contributed by atoms with Crippen LogP contribution in [0.25, 0.3) is 0 Å². The number of aryl methyl sites for hydroxylation is 1. The SMILES string of the molecule is Cc1cccc(NC2(C#N)CCOC2C)c1. The van der Waals surface area contributed by atoms with Gasteiger partial charge < -0.3 is 10.1 Å². The van der Waals surface area contributed by atoms with Crippen LogP contribution in [0.4, 0.5) is 5.69 Å². The number of nitriles is 1. The Bertz CT molecular complexity index is 424. The molecular formula is C13H16N2O. The molecule has 1 fully saturated rings. The molecule has 84 valence electrons. The van der Waals surface area contributed by atoms with Crippen LogP contribution in [0.15, 0.2) is 24.3 Å². The van der Waals surface area contributed by atoms with Gasteiger partial charge in [0.05, 0.1) is 18.8 Å². The molecule has 1 aliphatic heterocycles. The molecule has 1 saturated heterocycles.